The zero-order valence-electron chi connectivity index (χ0n) is 23.1. The molecule has 7 nitrogen and oxygen atoms in total. The van der Waals surface area contributed by atoms with Crippen LogP contribution in [0.4, 0.5) is 5.69 Å². The molecule has 2 amide bonds. The normalized spacial score (nSPS) is 12.8. The number of amides is 2. The van der Waals surface area contributed by atoms with Crippen molar-refractivity contribution in [3.05, 3.63) is 99.5 Å². The maximum absolute atomic E-state index is 14.1. The Morgan fingerprint density at radius 1 is 0.975 bits per heavy atom. The van der Waals surface area contributed by atoms with Crippen LogP contribution < -0.4 is 9.62 Å². The molecule has 0 aliphatic carbocycles. The number of rotatable bonds is 12. The summed E-state index contributed by atoms with van der Waals surface area (Å²) in [5.41, 5.74) is 2.79. The third-order valence-electron chi connectivity index (χ3n) is 6.73. The van der Waals surface area contributed by atoms with Crippen LogP contribution in [0.15, 0.2) is 72.8 Å². The quantitative estimate of drug-likeness (QED) is 0.291. The Morgan fingerprint density at radius 2 is 1.62 bits per heavy atom. The highest BCUT2D eigenvalue weighted by Crippen LogP contribution is 2.31. The number of hydrogen-bond acceptors (Lipinski definition) is 4. The monoisotopic (exact) mass is 603 g/mol. The highest BCUT2D eigenvalue weighted by Gasteiger charge is 2.34. The lowest BCUT2D eigenvalue weighted by Gasteiger charge is -2.34. The molecule has 0 aliphatic rings. The Kier molecular flexibility index (Phi) is 11.0. The fourth-order valence-corrected chi connectivity index (χ4v) is 5.67. The standard InChI is InChI=1S/C30H35Cl2N3O4S/c1-5-22(3)33-30(37)28(17-23-12-7-6-8-13-23)34(19-24-14-10-9-11-21(24)2)29(36)20-35(40(4,38)39)27-16-15-25(31)18-26(27)32/h6-16,18,22,28H,5,17,19-20H2,1-4H3,(H,33,37)/t22-,28-/m0/s1. The predicted molar refractivity (Wildman–Crippen MR) is 162 cm³/mol. The molecule has 0 radical (unpaired) electrons. The van der Waals surface area contributed by atoms with Gasteiger partial charge in [0.05, 0.1) is 17.0 Å². The lowest BCUT2D eigenvalue weighted by atomic mass is 10.0. The third kappa shape index (κ3) is 8.46. The Bertz CT molecular complexity index is 1430. The molecule has 0 saturated carbocycles. The van der Waals surface area contributed by atoms with Crippen LogP contribution in [-0.4, -0.2) is 50.0 Å². The summed E-state index contributed by atoms with van der Waals surface area (Å²) in [5, 5.41) is 3.44. The molecule has 0 fully saturated rings. The topological polar surface area (TPSA) is 86.8 Å². The van der Waals surface area contributed by atoms with Gasteiger partial charge in [-0.2, -0.15) is 0 Å². The van der Waals surface area contributed by atoms with Gasteiger partial charge in [0.25, 0.3) is 0 Å². The molecule has 3 rings (SSSR count). The van der Waals surface area contributed by atoms with Crippen molar-refractivity contribution in [2.24, 2.45) is 0 Å². The number of nitrogens with zero attached hydrogens (tertiary/aromatic N) is 2. The average Bonchev–Trinajstić information content (AvgIpc) is 2.90. The SMILES string of the molecule is CC[C@H](C)NC(=O)[C@H](Cc1ccccc1)N(Cc1ccccc1C)C(=O)CN(c1ccc(Cl)cc1Cl)S(C)(=O)=O. The van der Waals surface area contributed by atoms with Gasteiger partial charge < -0.3 is 10.2 Å². The number of nitrogens with one attached hydrogen (secondary N) is 1. The summed E-state index contributed by atoms with van der Waals surface area (Å²) < 4.78 is 26.8. The van der Waals surface area contributed by atoms with Gasteiger partial charge in [-0.25, -0.2) is 8.42 Å². The van der Waals surface area contributed by atoms with E-state index in [9.17, 15) is 18.0 Å². The van der Waals surface area contributed by atoms with E-state index in [1.54, 1.807) is 0 Å². The lowest BCUT2D eigenvalue weighted by Crippen LogP contribution is -2.54. The van der Waals surface area contributed by atoms with E-state index in [0.29, 0.717) is 11.4 Å². The Labute approximate surface area is 247 Å². The lowest BCUT2D eigenvalue weighted by molar-refractivity contribution is -0.140. The van der Waals surface area contributed by atoms with Crippen molar-refractivity contribution < 1.29 is 18.0 Å². The van der Waals surface area contributed by atoms with Gasteiger partial charge >= 0.3 is 0 Å². The first-order valence-electron chi connectivity index (χ1n) is 13.0. The van der Waals surface area contributed by atoms with E-state index < -0.39 is 28.5 Å². The van der Waals surface area contributed by atoms with E-state index in [-0.39, 0.29) is 35.6 Å². The predicted octanol–water partition coefficient (Wildman–Crippen LogP) is 5.62. The summed E-state index contributed by atoms with van der Waals surface area (Å²) >= 11 is 12.4. The molecule has 0 saturated heterocycles. The first kappa shape index (κ1) is 31.5. The van der Waals surface area contributed by atoms with Gasteiger partial charge in [0.15, 0.2) is 0 Å². The summed E-state index contributed by atoms with van der Waals surface area (Å²) in [5.74, 6) is -0.851. The number of benzene rings is 3. The highest BCUT2D eigenvalue weighted by molar-refractivity contribution is 7.92. The fraction of sp³-hybridized carbons (Fsp3) is 0.333. The van der Waals surface area contributed by atoms with Crippen LogP contribution in [0.1, 0.15) is 37.0 Å². The first-order valence-corrected chi connectivity index (χ1v) is 15.6. The minimum Gasteiger partial charge on any atom is -0.352 e. The number of halogens is 2. The largest absolute Gasteiger partial charge is 0.352 e. The number of aryl methyl sites for hydroxylation is 1. The van der Waals surface area contributed by atoms with Gasteiger partial charge in [0.2, 0.25) is 21.8 Å². The van der Waals surface area contributed by atoms with Crippen LogP contribution in [0, 0.1) is 6.92 Å². The Morgan fingerprint density at radius 3 is 2.23 bits per heavy atom. The Hall–Kier alpha value is -3.07. The van der Waals surface area contributed by atoms with Gasteiger partial charge in [-0.15, -0.1) is 0 Å². The molecule has 3 aromatic carbocycles. The minimum absolute atomic E-state index is 0.0894. The van der Waals surface area contributed by atoms with Crippen molar-refractivity contribution in [3.63, 3.8) is 0 Å². The maximum Gasteiger partial charge on any atom is 0.244 e. The molecule has 40 heavy (non-hydrogen) atoms. The van der Waals surface area contributed by atoms with E-state index in [4.69, 9.17) is 23.2 Å². The van der Waals surface area contributed by atoms with E-state index in [2.05, 4.69) is 5.32 Å². The molecule has 0 bridgehead atoms. The van der Waals surface area contributed by atoms with Gasteiger partial charge in [-0.05, 0) is 55.2 Å². The summed E-state index contributed by atoms with van der Waals surface area (Å²) in [4.78, 5) is 29.3. The molecule has 1 N–H and O–H groups in total. The maximum atomic E-state index is 14.1. The molecule has 0 heterocycles. The average molecular weight is 605 g/mol. The van der Waals surface area contributed by atoms with E-state index in [1.165, 1.54) is 23.1 Å². The summed E-state index contributed by atoms with van der Waals surface area (Å²) in [6, 6.07) is 20.4. The van der Waals surface area contributed by atoms with Crippen molar-refractivity contribution in [1.29, 1.82) is 0 Å². The second-order valence-corrected chi connectivity index (χ2v) is 12.6. The fourth-order valence-electron chi connectivity index (χ4n) is 4.24. The van der Waals surface area contributed by atoms with Gasteiger partial charge in [0.1, 0.15) is 12.6 Å². The smallest absolute Gasteiger partial charge is 0.244 e. The molecule has 0 unspecified atom stereocenters. The number of sulfonamides is 1. The second-order valence-electron chi connectivity index (χ2n) is 9.84. The molecule has 0 aliphatic heterocycles. The third-order valence-corrected chi connectivity index (χ3v) is 8.40. The van der Waals surface area contributed by atoms with Crippen LogP contribution in [0.3, 0.4) is 0 Å². The number of carbonyl (C=O) groups is 2. The molecule has 3 aromatic rings. The van der Waals surface area contributed by atoms with E-state index in [1.807, 2.05) is 75.4 Å². The summed E-state index contributed by atoms with van der Waals surface area (Å²) in [7, 11) is -3.93. The zero-order chi connectivity index (χ0) is 29.4. The first-order chi connectivity index (χ1) is 18.9. The molecule has 0 aromatic heterocycles. The van der Waals surface area contributed by atoms with Crippen LogP contribution in [0.25, 0.3) is 0 Å². The molecule has 214 valence electrons. The molecule has 10 heteroatoms. The van der Waals surface area contributed by atoms with Gasteiger partial charge in [0, 0.05) is 24.0 Å². The number of carbonyl (C=O) groups excluding carboxylic acids is 2. The van der Waals surface area contributed by atoms with Crippen molar-refractivity contribution in [3.8, 4) is 0 Å². The highest BCUT2D eigenvalue weighted by atomic mass is 35.5. The van der Waals surface area contributed by atoms with Crippen molar-refractivity contribution in [2.45, 2.75) is 52.2 Å². The van der Waals surface area contributed by atoms with Crippen molar-refractivity contribution >= 4 is 50.7 Å². The van der Waals surface area contributed by atoms with Crippen molar-refractivity contribution in [1.82, 2.24) is 10.2 Å². The number of hydrogen-bond donors (Lipinski definition) is 1. The Balaban J connectivity index is 2.09. The summed E-state index contributed by atoms with van der Waals surface area (Å²) in [6.45, 7) is 5.36. The van der Waals surface area contributed by atoms with E-state index in [0.717, 1.165) is 27.3 Å². The van der Waals surface area contributed by atoms with Crippen LogP contribution in [0.5, 0.6) is 0 Å². The summed E-state index contributed by atoms with van der Waals surface area (Å²) in [6.07, 6.45) is 1.97. The minimum atomic E-state index is -3.93. The zero-order valence-corrected chi connectivity index (χ0v) is 25.4. The second kappa shape index (κ2) is 14.0. The van der Waals surface area contributed by atoms with E-state index >= 15 is 0 Å². The molecular formula is C30H35Cl2N3O4S. The molecular weight excluding hydrogens is 569 g/mol. The van der Waals surface area contributed by atoms with Crippen LogP contribution in [-0.2, 0) is 32.6 Å². The van der Waals surface area contributed by atoms with Crippen LogP contribution >= 0.6 is 23.2 Å². The molecule has 2 atom stereocenters. The van der Waals surface area contributed by atoms with Crippen molar-refractivity contribution in [2.75, 3.05) is 17.1 Å². The van der Waals surface area contributed by atoms with Crippen LogP contribution in [0.2, 0.25) is 10.0 Å². The molecule has 0 spiro atoms. The number of anilines is 1. The van der Waals surface area contributed by atoms with Gasteiger partial charge in [-0.3, -0.25) is 13.9 Å². The van der Waals surface area contributed by atoms with Gasteiger partial charge in [-0.1, -0.05) is 84.7 Å².